The summed E-state index contributed by atoms with van der Waals surface area (Å²) in [7, 11) is 7.00. The summed E-state index contributed by atoms with van der Waals surface area (Å²) in [4.78, 5) is 30.2. The summed E-state index contributed by atoms with van der Waals surface area (Å²) in [5, 5.41) is 9.27. The van der Waals surface area contributed by atoms with Crippen LogP contribution in [0.25, 0.3) is 27.8 Å². The van der Waals surface area contributed by atoms with Gasteiger partial charge in [-0.05, 0) is 44.0 Å². The molecule has 1 aliphatic heterocycles. The highest BCUT2D eigenvalue weighted by Crippen LogP contribution is 2.49. The molecule has 2 fully saturated rings. The molecule has 1 saturated carbocycles. The van der Waals surface area contributed by atoms with E-state index in [4.69, 9.17) is 42.8 Å². The van der Waals surface area contributed by atoms with Crippen LogP contribution in [0.5, 0.6) is 11.5 Å². The number of ether oxygens (including phenoxy) is 2. The highest BCUT2D eigenvalue weighted by atomic mass is 35.5. The van der Waals surface area contributed by atoms with Crippen LogP contribution >= 0.6 is 23.2 Å². The van der Waals surface area contributed by atoms with Crippen LogP contribution in [0.1, 0.15) is 12.2 Å². The van der Waals surface area contributed by atoms with E-state index in [0.717, 1.165) is 31.4 Å². The molecular weight excluding hydrogens is 579 g/mol. The number of carbonyl (C=O) groups is 1. The van der Waals surface area contributed by atoms with Crippen LogP contribution < -0.4 is 14.8 Å². The van der Waals surface area contributed by atoms with Crippen molar-refractivity contribution in [2.45, 2.75) is 18.9 Å². The first kappa shape index (κ1) is 28.4. The van der Waals surface area contributed by atoms with Crippen LogP contribution in [-0.4, -0.2) is 94.3 Å². The Morgan fingerprint density at radius 1 is 1.14 bits per heavy atom. The van der Waals surface area contributed by atoms with E-state index < -0.39 is 0 Å². The summed E-state index contributed by atoms with van der Waals surface area (Å²) in [6.07, 6.45) is 4.67. The Kier molecular flexibility index (Phi) is 7.59. The third-order valence-electron chi connectivity index (χ3n) is 8.31. The number of piperidine rings is 1. The molecule has 0 bridgehead atoms. The van der Waals surface area contributed by atoms with Crippen LogP contribution in [0.2, 0.25) is 10.0 Å². The number of nitrogens with one attached hydrogen (secondary N) is 1. The second-order valence-corrected chi connectivity index (χ2v) is 11.4. The largest absolute Gasteiger partial charge is 0.495 e. The van der Waals surface area contributed by atoms with Crippen LogP contribution in [0.15, 0.2) is 31.0 Å². The molecule has 220 valence electrons. The predicted molar refractivity (Wildman–Crippen MR) is 163 cm³/mol. The fourth-order valence-electron chi connectivity index (χ4n) is 6.18. The number of likely N-dealkylation sites (tertiary alicyclic amines) is 1. The van der Waals surface area contributed by atoms with Gasteiger partial charge in [0, 0.05) is 61.4 Å². The minimum Gasteiger partial charge on any atom is -0.495 e. The first-order chi connectivity index (χ1) is 20.3. The molecule has 0 radical (unpaired) electrons. The number of amides is 1. The number of nitrogens with zero attached hydrogens (tertiary/aromatic N) is 7. The summed E-state index contributed by atoms with van der Waals surface area (Å²) in [6, 6.07) is 4.07. The number of rotatable bonds is 10. The maximum Gasteiger partial charge on any atom is 0.245 e. The SMILES string of the molecule is C=CC(=O)N1C[C@@H]2[C@H](C1)[C@H]2N(C)CCCc1nc2c(-c3c(Cl)c(OC)cc(OC)c3Cl)cc3cnc(NC)nc3n2n1. The predicted octanol–water partition coefficient (Wildman–Crippen LogP) is 4.21. The minimum absolute atomic E-state index is 0.0236. The van der Waals surface area contributed by atoms with E-state index in [2.05, 4.69) is 33.8 Å². The Bertz CT molecular complexity index is 1670. The van der Waals surface area contributed by atoms with Crippen molar-refractivity contribution in [3.63, 3.8) is 0 Å². The molecule has 3 aromatic heterocycles. The number of benzene rings is 1. The Balaban J connectivity index is 1.30. The van der Waals surface area contributed by atoms with Gasteiger partial charge in [-0.15, -0.1) is 5.10 Å². The lowest BCUT2D eigenvalue weighted by Crippen LogP contribution is -2.35. The van der Waals surface area contributed by atoms with E-state index in [1.807, 2.05) is 11.0 Å². The maximum atomic E-state index is 11.9. The molecule has 0 spiro atoms. The first-order valence-electron chi connectivity index (χ1n) is 13.7. The Morgan fingerprint density at radius 3 is 2.45 bits per heavy atom. The lowest BCUT2D eigenvalue weighted by molar-refractivity contribution is -0.125. The van der Waals surface area contributed by atoms with E-state index in [1.54, 1.807) is 38.0 Å². The molecule has 4 heterocycles. The molecular formula is C29H32Cl2N8O3. The summed E-state index contributed by atoms with van der Waals surface area (Å²) in [5.74, 6) is 3.11. The van der Waals surface area contributed by atoms with E-state index in [9.17, 15) is 4.79 Å². The van der Waals surface area contributed by atoms with Gasteiger partial charge in [0.25, 0.3) is 0 Å². The Hall–Kier alpha value is -3.67. The molecule has 3 atom stereocenters. The number of halogens is 2. The van der Waals surface area contributed by atoms with Crippen molar-refractivity contribution in [1.82, 2.24) is 34.4 Å². The molecule has 1 amide bonds. The average molecular weight is 612 g/mol. The van der Waals surface area contributed by atoms with Gasteiger partial charge in [-0.1, -0.05) is 29.8 Å². The van der Waals surface area contributed by atoms with Crippen LogP contribution in [0.4, 0.5) is 5.95 Å². The van der Waals surface area contributed by atoms with Crippen molar-refractivity contribution in [3.8, 4) is 22.6 Å². The van der Waals surface area contributed by atoms with Gasteiger partial charge in [0.2, 0.25) is 11.9 Å². The number of hydrogen-bond donors (Lipinski definition) is 1. The van der Waals surface area contributed by atoms with Crippen molar-refractivity contribution in [1.29, 1.82) is 0 Å². The van der Waals surface area contributed by atoms with E-state index in [-0.39, 0.29) is 5.91 Å². The smallest absolute Gasteiger partial charge is 0.245 e. The summed E-state index contributed by atoms with van der Waals surface area (Å²) in [5.41, 5.74) is 2.36. The molecule has 11 nitrogen and oxygen atoms in total. The van der Waals surface area contributed by atoms with Gasteiger partial charge in [-0.2, -0.15) is 9.50 Å². The number of methoxy groups -OCH3 is 2. The number of fused-ring (bicyclic) bond motifs is 4. The molecule has 42 heavy (non-hydrogen) atoms. The van der Waals surface area contributed by atoms with Crippen LogP contribution in [-0.2, 0) is 11.2 Å². The molecule has 1 saturated heterocycles. The molecule has 1 N–H and O–H groups in total. The molecule has 0 unspecified atom stereocenters. The monoisotopic (exact) mass is 610 g/mol. The first-order valence-corrected chi connectivity index (χ1v) is 14.5. The number of carbonyl (C=O) groups excluding carboxylic acids is 1. The molecule has 4 aromatic rings. The fraction of sp³-hybridized carbons (Fsp3) is 0.414. The molecule has 2 aliphatic rings. The maximum absolute atomic E-state index is 11.9. The number of aryl methyl sites for hydroxylation is 1. The lowest BCUT2D eigenvalue weighted by atomic mass is 10.0. The van der Waals surface area contributed by atoms with Crippen molar-refractivity contribution < 1.29 is 14.3 Å². The standard InChI is InChI=1S/C29H32Cl2N8O3/c1-6-22(40)38-13-17-18(14-38)26(17)37(3)9-7-8-21-34-28-16(23-24(30)19(41-4)11-20(42-5)25(23)31)10-15-12-33-29(32-2)35-27(15)39(28)36-21/h6,10-12,17-18,26H,1,7-9,13-14H2,2-5H3,(H,32,33,35)/t17-,18+,26+. The quantitative estimate of drug-likeness (QED) is 0.264. The van der Waals surface area contributed by atoms with Gasteiger partial charge in [0.1, 0.15) is 11.5 Å². The molecule has 13 heteroatoms. The van der Waals surface area contributed by atoms with E-state index in [1.165, 1.54) is 6.08 Å². The average Bonchev–Trinajstić information content (AvgIpc) is 3.30. The van der Waals surface area contributed by atoms with Crippen LogP contribution in [0, 0.1) is 11.8 Å². The van der Waals surface area contributed by atoms with Crippen LogP contribution in [0.3, 0.4) is 0 Å². The highest BCUT2D eigenvalue weighted by Gasteiger charge is 2.57. The van der Waals surface area contributed by atoms with E-state index in [0.29, 0.717) is 80.0 Å². The van der Waals surface area contributed by atoms with Crippen molar-refractivity contribution in [2.75, 3.05) is 53.3 Å². The topological polar surface area (TPSA) is 110 Å². The Morgan fingerprint density at radius 2 is 1.83 bits per heavy atom. The van der Waals surface area contributed by atoms with Gasteiger partial charge in [0.15, 0.2) is 17.1 Å². The van der Waals surface area contributed by atoms with E-state index >= 15 is 0 Å². The van der Waals surface area contributed by atoms with Gasteiger partial charge >= 0.3 is 0 Å². The third-order valence-corrected chi connectivity index (χ3v) is 9.06. The zero-order chi connectivity index (χ0) is 29.7. The normalized spacial score (nSPS) is 19.4. The third kappa shape index (κ3) is 4.79. The van der Waals surface area contributed by atoms with Gasteiger partial charge in [-0.25, -0.2) is 9.97 Å². The highest BCUT2D eigenvalue weighted by molar-refractivity contribution is 6.41. The summed E-state index contributed by atoms with van der Waals surface area (Å²) in [6.45, 7) is 6.12. The molecule has 1 aliphatic carbocycles. The fourth-order valence-corrected chi connectivity index (χ4v) is 6.88. The molecule has 6 rings (SSSR count). The Labute approximate surface area is 253 Å². The zero-order valence-corrected chi connectivity index (χ0v) is 25.4. The molecule has 1 aromatic carbocycles. The van der Waals surface area contributed by atoms with Gasteiger partial charge in [-0.3, -0.25) is 4.79 Å². The van der Waals surface area contributed by atoms with Crippen molar-refractivity contribution in [3.05, 3.63) is 46.9 Å². The summed E-state index contributed by atoms with van der Waals surface area (Å²) >= 11 is 13.6. The van der Waals surface area contributed by atoms with Crippen molar-refractivity contribution >= 4 is 51.7 Å². The van der Waals surface area contributed by atoms with Gasteiger partial charge in [0.05, 0.1) is 24.3 Å². The number of anilines is 1. The lowest BCUT2D eigenvalue weighted by Gasteiger charge is -2.23. The number of aromatic nitrogens is 5. The zero-order valence-electron chi connectivity index (χ0n) is 23.9. The number of hydrogen-bond acceptors (Lipinski definition) is 9. The van der Waals surface area contributed by atoms with Crippen molar-refractivity contribution in [2.24, 2.45) is 11.8 Å². The minimum atomic E-state index is 0.0236. The second kappa shape index (κ2) is 11.2. The van der Waals surface area contributed by atoms with Gasteiger partial charge < -0.3 is 24.6 Å². The second-order valence-electron chi connectivity index (χ2n) is 10.7. The number of pyridine rings is 1. The summed E-state index contributed by atoms with van der Waals surface area (Å²) < 4.78 is 12.8.